The summed E-state index contributed by atoms with van der Waals surface area (Å²) in [6.07, 6.45) is -0.948. The maximum Gasteiger partial charge on any atom is 0.166 e. The molecule has 90 valence electrons. The van der Waals surface area contributed by atoms with Crippen molar-refractivity contribution in [3.05, 3.63) is 23.8 Å². The minimum atomic E-state index is -0.948. The van der Waals surface area contributed by atoms with Gasteiger partial charge in [-0.05, 0) is 6.07 Å². The van der Waals surface area contributed by atoms with Crippen molar-refractivity contribution in [3.63, 3.8) is 0 Å². The molecule has 0 radical (unpaired) electrons. The van der Waals surface area contributed by atoms with Crippen LogP contribution >= 0.6 is 0 Å². The van der Waals surface area contributed by atoms with Crippen LogP contribution in [0.4, 0.5) is 0 Å². The van der Waals surface area contributed by atoms with Crippen LogP contribution in [-0.2, 0) is 6.61 Å². The van der Waals surface area contributed by atoms with Crippen molar-refractivity contribution in [3.8, 4) is 11.5 Å². The standard InChI is InChI=1S/C11H16O5/c1-15-10-4-2-3-8(5-12)11(10)16-7-9(14)6-13/h2-4,9,12-14H,5-7H2,1H3. The lowest BCUT2D eigenvalue weighted by atomic mass is 10.2. The number of hydrogen-bond acceptors (Lipinski definition) is 5. The Balaban J connectivity index is 2.82. The van der Waals surface area contributed by atoms with Gasteiger partial charge in [0.05, 0.1) is 20.3 Å². The second-order valence-electron chi connectivity index (χ2n) is 3.25. The molecule has 0 spiro atoms. The SMILES string of the molecule is COc1cccc(CO)c1OCC(O)CO. The third-order valence-corrected chi connectivity index (χ3v) is 2.08. The molecule has 3 N–H and O–H groups in total. The van der Waals surface area contributed by atoms with Crippen LogP contribution in [-0.4, -0.2) is 41.7 Å². The molecular weight excluding hydrogens is 212 g/mol. The zero-order valence-corrected chi connectivity index (χ0v) is 9.09. The molecule has 5 nitrogen and oxygen atoms in total. The van der Waals surface area contributed by atoms with E-state index in [0.29, 0.717) is 17.1 Å². The lowest BCUT2D eigenvalue weighted by Crippen LogP contribution is -2.21. The summed E-state index contributed by atoms with van der Waals surface area (Å²) in [4.78, 5) is 0. The van der Waals surface area contributed by atoms with Gasteiger partial charge >= 0.3 is 0 Å². The number of para-hydroxylation sites is 1. The molecule has 16 heavy (non-hydrogen) atoms. The van der Waals surface area contributed by atoms with Crippen LogP contribution < -0.4 is 9.47 Å². The molecule has 0 bridgehead atoms. The normalized spacial score (nSPS) is 12.2. The average molecular weight is 228 g/mol. The molecule has 0 saturated carbocycles. The van der Waals surface area contributed by atoms with E-state index in [1.165, 1.54) is 7.11 Å². The Bertz CT molecular complexity index is 304. The van der Waals surface area contributed by atoms with Gasteiger partial charge in [-0.3, -0.25) is 0 Å². The molecule has 1 atom stereocenters. The minimum Gasteiger partial charge on any atom is -0.493 e. The van der Waals surface area contributed by atoms with Crippen LogP contribution in [0.3, 0.4) is 0 Å². The first-order valence-corrected chi connectivity index (χ1v) is 4.91. The third kappa shape index (κ3) is 3.10. The van der Waals surface area contributed by atoms with E-state index >= 15 is 0 Å². The fraction of sp³-hybridized carbons (Fsp3) is 0.455. The van der Waals surface area contributed by atoms with Crippen LogP contribution in [0.25, 0.3) is 0 Å². The summed E-state index contributed by atoms with van der Waals surface area (Å²) >= 11 is 0. The lowest BCUT2D eigenvalue weighted by molar-refractivity contribution is 0.0519. The van der Waals surface area contributed by atoms with Gasteiger partial charge in [-0.15, -0.1) is 0 Å². The highest BCUT2D eigenvalue weighted by Crippen LogP contribution is 2.31. The summed E-state index contributed by atoms with van der Waals surface area (Å²) in [6, 6.07) is 5.13. The fourth-order valence-corrected chi connectivity index (χ4v) is 1.24. The predicted molar refractivity (Wildman–Crippen MR) is 57.5 cm³/mol. The van der Waals surface area contributed by atoms with E-state index in [2.05, 4.69) is 0 Å². The number of hydrogen-bond donors (Lipinski definition) is 3. The summed E-state index contributed by atoms with van der Waals surface area (Å²) in [5, 5.41) is 26.9. The molecule has 0 amide bonds. The van der Waals surface area contributed by atoms with Gasteiger partial charge < -0.3 is 24.8 Å². The van der Waals surface area contributed by atoms with Crippen LogP contribution in [0.5, 0.6) is 11.5 Å². The third-order valence-electron chi connectivity index (χ3n) is 2.08. The first kappa shape index (κ1) is 12.8. The average Bonchev–Trinajstić information content (AvgIpc) is 2.35. The van der Waals surface area contributed by atoms with Gasteiger partial charge in [0.15, 0.2) is 11.5 Å². The van der Waals surface area contributed by atoms with E-state index in [4.69, 9.17) is 24.8 Å². The molecule has 0 fully saturated rings. The Morgan fingerprint density at radius 3 is 2.62 bits per heavy atom. The van der Waals surface area contributed by atoms with Crippen molar-refractivity contribution in [2.75, 3.05) is 20.3 Å². The summed E-state index contributed by atoms with van der Waals surface area (Å²) in [5.74, 6) is 0.872. The molecule has 0 aromatic heterocycles. The van der Waals surface area contributed by atoms with Crippen LogP contribution in [0, 0.1) is 0 Å². The summed E-state index contributed by atoms with van der Waals surface area (Å²) in [6.45, 7) is -0.602. The van der Waals surface area contributed by atoms with Crippen molar-refractivity contribution in [1.29, 1.82) is 0 Å². The summed E-state index contributed by atoms with van der Waals surface area (Å²) in [7, 11) is 1.49. The topological polar surface area (TPSA) is 79.2 Å². The highest BCUT2D eigenvalue weighted by molar-refractivity contribution is 5.46. The van der Waals surface area contributed by atoms with Gasteiger partial charge in [0.1, 0.15) is 12.7 Å². The molecule has 0 aliphatic rings. The maximum atomic E-state index is 9.17. The van der Waals surface area contributed by atoms with E-state index in [-0.39, 0.29) is 19.8 Å². The second kappa shape index (κ2) is 6.32. The van der Waals surface area contributed by atoms with Crippen molar-refractivity contribution < 1.29 is 24.8 Å². The maximum absolute atomic E-state index is 9.17. The van der Waals surface area contributed by atoms with Gasteiger partial charge in [-0.25, -0.2) is 0 Å². The molecule has 0 aliphatic heterocycles. The van der Waals surface area contributed by atoms with Crippen LogP contribution in [0.15, 0.2) is 18.2 Å². The van der Waals surface area contributed by atoms with Gasteiger partial charge in [-0.1, -0.05) is 12.1 Å². The summed E-state index contributed by atoms with van der Waals surface area (Å²) in [5.41, 5.74) is 0.574. The van der Waals surface area contributed by atoms with E-state index in [9.17, 15) is 0 Å². The number of aliphatic hydroxyl groups excluding tert-OH is 3. The molecule has 1 unspecified atom stereocenters. The molecule has 0 heterocycles. The number of methoxy groups -OCH3 is 1. The number of ether oxygens (including phenoxy) is 2. The highest BCUT2D eigenvalue weighted by Gasteiger charge is 2.11. The molecule has 1 aromatic rings. The van der Waals surface area contributed by atoms with Gasteiger partial charge in [0, 0.05) is 5.56 Å². The van der Waals surface area contributed by atoms with Gasteiger partial charge in [0.25, 0.3) is 0 Å². The summed E-state index contributed by atoms with van der Waals surface area (Å²) < 4.78 is 10.4. The van der Waals surface area contributed by atoms with Gasteiger partial charge in [-0.2, -0.15) is 0 Å². The Hall–Kier alpha value is -1.30. The van der Waals surface area contributed by atoms with Gasteiger partial charge in [0.2, 0.25) is 0 Å². The zero-order chi connectivity index (χ0) is 12.0. The lowest BCUT2D eigenvalue weighted by Gasteiger charge is -2.15. The minimum absolute atomic E-state index is 0.0517. The highest BCUT2D eigenvalue weighted by atomic mass is 16.5. The number of benzene rings is 1. The van der Waals surface area contributed by atoms with Crippen molar-refractivity contribution in [2.45, 2.75) is 12.7 Å². The van der Waals surface area contributed by atoms with Crippen molar-refractivity contribution in [1.82, 2.24) is 0 Å². The van der Waals surface area contributed by atoms with Crippen molar-refractivity contribution in [2.24, 2.45) is 0 Å². The Kier molecular flexibility index (Phi) is 5.04. The zero-order valence-electron chi connectivity index (χ0n) is 9.09. The number of aliphatic hydroxyl groups is 3. The number of rotatable bonds is 6. The first-order valence-electron chi connectivity index (χ1n) is 4.91. The first-order chi connectivity index (χ1) is 7.72. The molecule has 1 aromatic carbocycles. The molecule has 1 rings (SSSR count). The molecule has 0 saturated heterocycles. The van der Waals surface area contributed by atoms with E-state index in [1.807, 2.05) is 0 Å². The van der Waals surface area contributed by atoms with Crippen molar-refractivity contribution >= 4 is 0 Å². The largest absolute Gasteiger partial charge is 0.493 e. The Morgan fingerprint density at radius 2 is 2.06 bits per heavy atom. The van der Waals surface area contributed by atoms with Crippen LogP contribution in [0.2, 0.25) is 0 Å². The predicted octanol–water partition coefficient (Wildman–Crippen LogP) is -0.0805. The molecule has 5 heteroatoms. The molecular formula is C11H16O5. The van der Waals surface area contributed by atoms with E-state index < -0.39 is 6.10 Å². The molecule has 0 aliphatic carbocycles. The van der Waals surface area contributed by atoms with E-state index in [0.717, 1.165) is 0 Å². The Labute approximate surface area is 93.9 Å². The monoisotopic (exact) mass is 228 g/mol. The fourth-order valence-electron chi connectivity index (χ4n) is 1.24. The van der Waals surface area contributed by atoms with Crippen LogP contribution in [0.1, 0.15) is 5.56 Å². The quantitative estimate of drug-likeness (QED) is 0.634. The second-order valence-corrected chi connectivity index (χ2v) is 3.25. The van der Waals surface area contributed by atoms with E-state index in [1.54, 1.807) is 18.2 Å². The Morgan fingerprint density at radius 1 is 1.31 bits per heavy atom. The smallest absolute Gasteiger partial charge is 0.166 e.